The lowest BCUT2D eigenvalue weighted by atomic mass is 9.89. The molecule has 102 valence electrons. The fraction of sp³-hybridized carbons (Fsp3) is 0.250. The van der Waals surface area contributed by atoms with Gasteiger partial charge >= 0.3 is 0 Å². The molecule has 0 bridgehead atoms. The summed E-state index contributed by atoms with van der Waals surface area (Å²) in [5.74, 6) is 0.101. The summed E-state index contributed by atoms with van der Waals surface area (Å²) in [6.45, 7) is 5.95. The molecule has 4 heteroatoms. The predicted molar refractivity (Wildman–Crippen MR) is 77.6 cm³/mol. The van der Waals surface area contributed by atoms with Crippen molar-refractivity contribution in [2.45, 2.75) is 26.2 Å². The molecule has 0 unspecified atom stereocenters. The smallest absolute Gasteiger partial charge is 0.266 e. The molecule has 2 N–H and O–H groups in total. The zero-order valence-electron chi connectivity index (χ0n) is 11.7. The number of hydrogen-bond acceptors (Lipinski definition) is 3. The molecule has 0 aliphatic heterocycles. The van der Waals surface area contributed by atoms with E-state index in [2.05, 4.69) is 4.98 Å². The van der Waals surface area contributed by atoms with Crippen LogP contribution in [0.15, 0.2) is 35.1 Å². The van der Waals surface area contributed by atoms with E-state index in [1.165, 1.54) is 0 Å². The number of nitrogens with zero attached hydrogens (tertiary/aromatic N) is 1. The average Bonchev–Trinajstić information content (AvgIpc) is 2.36. The van der Waals surface area contributed by atoms with Crippen molar-refractivity contribution in [2.75, 3.05) is 0 Å². The maximum absolute atomic E-state index is 12.1. The van der Waals surface area contributed by atoms with E-state index in [0.717, 1.165) is 5.69 Å². The number of rotatable bonds is 1. The second-order valence-electron chi connectivity index (χ2n) is 5.71. The third kappa shape index (κ3) is 2.57. The molecule has 0 spiro atoms. The molecular weight excluding hydrogens is 252 g/mol. The standard InChI is InChI=1S/C16H16N2O2/c1-16(2,3)14-8-12(13(9-17)15(20)18-14)10-5-4-6-11(19)7-10/h4-8,19H,1-3H3,(H,18,20). The molecule has 0 amide bonds. The van der Waals surface area contributed by atoms with E-state index in [9.17, 15) is 15.2 Å². The second-order valence-corrected chi connectivity index (χ2v) is 5.71. The summed E-state index contributed by atoms with van der Waals surface area (Å²) in [6, 6.07) is 10.3. The van der Waals surface area contributed by atoms with Crippen molar-refractivity contribution in [3.8, 4) is 22.9 Å². The van der Waals surface area contributed by atoms with Crippen LogP contribution in [0.4, 0.5) is 0 Å². The molecule has 0 radical (unpaired) electrons. The number of phenols is 1. The van der Waals surface area contributed by atoms with Crippen LogP contribution in [0.1, 0.15) is 32.0 Å². The zero-order valence-corrected chi connectivity index (χ0v) is 11.7. The van der Waals surface area contributed by atoms with Crippen LogP contribution < -0.4 is 5.56 Å². The van der Waals surface area contributed by atoms with E-state index in [1.54, 1.807) is 30.3 Å². The molecule has 1 aromatic heterocycles. The van der Waals surface area contributed by atoms with Crippen LogP contribution in [0.2, 0.25) is 0 Å². The Morgan fingerprint density at radius 1 is 1.25 bits per heavy atom. The van der Waals surface area contributed by atoms with Gasteiger partial charge in [0.1, 0.15) is 17.4 Å². The van der Waals surface area contributed by atoms with Crippen molar-refractivity contribution in [1.82, 2.24) is 4.98 Å². The van der Waals surface area contributed by atoms with Crippen LogP contribution in [0.5, 0.6) is 5.75 Å². The molecule has 2 rings (SSSR count). The van der Waals surface area contributed by atoms with Gasteiger partial charge in [0.25, 0.3) is 5.56 Å². The highest BCUT2D eigenvalue weighted by Crippen LogP contribution is 2.28. The monoisotopic (exact) mass is 268 g/mol. The van der Waals surface area contributed by atoms with Gasteiger partial charge in [0, 0.05) is 16.7 Å². The van der Waals surface area contributed by atoms with E-state index >= 15 is 0 Å². The lowest BCUT2D eigenvalue weighted by Crippen LogP contribution is -2.22. The molecule has 20 heavy (non-hydrogen) atoms. The van der Waals surface area contributed by atoms with E-state index in [1.807, 2.05) is 26.8 Å². The van der Waals surface area contributed by atoms with Gasteiger partial charge in [0.05, 0.1) is 0 Å². The van der Waals surface area contributed by atoms with Crippen LogP contribution in [0.3, 0.4) is 0 Å². The van der Waals surface area contributed by atoms with Crippen molar-refractivity contribution < 1.29 is 5.11 Å². The Morgan fingerprint density at radius 2 is 1.95 bits per heavy atom. The lowest BCUT2D eigenvalue weighted by molar-refractivity contribution is 0.475. The highest BCUT2D eigenvalue weighted by atomic mass is 16.3. The fourth-order valence-corrected chi connectivity index (χ4v) is 1.98. The number of nitrogens with one attached hydrogen (secondary N) is 1. The molecule has 1 aromatic carbocycles. The molecular formula is C16H16N2O2. The van der Waals surface area contributed by atoms with E-state index in [0.29, 0.717) is 11.1 Å². The number of aromatic nitrogens is 1. The summed E-state index contributed by atoms with van der Waals surface area (Å²) in [7, 11) is 0. The highest BCUT2D eigenvalue weighted by Gasteiger charge is 2.19. The zero-order chi connectivity index (χ0) is 14.9. The fourth-order valence-electron chi connectivity index (χ4n) is 1.98. The first-order chi connectivity index (χ1) is 9.32. The average molecular weight is 268 g/mol. The minimum atomic E-state index is -0.404. The van der Waals surface area contributed by atoms with Crippen molar-refractivity contribution in [2.24, 2.45) is 0 Å². The largest absolute Gasteiger partial charge is 0.508 e. The van der Waals surface area contributed by atoms with Crippen LogP contribution in [-0.4, -0.2) is 10.1 Å². The van der Waals surface area contributed by atoms with Gasteiger partial charge in [-0.15, -0.1) is 0 Å². The molecule has 0 aliphatic carbocycles. The Balaban J connectivity index is 2.78. The van der Waals surface area contributed by atoms with Crippen molar-refractivity contribution in [3.05, 3.63) is 51.9 Å². The normalized spacial score (nSPS) is 11.1. The van der Waals surface area contributed by atoms with Gasteiger partial charge in [-0.2, -0.15) is 5.26 Å². The summed E-state index contributed by atoms with van der Waals surface area (Å²) < 4.78 is 0. The maximum atomic E-state index is 12.1. The number of hydrogen-bond donors (Lipinski definition) is 2. The first-order valence-corrected chi connectivity index (χ1v) is 6.30. The van der Waals surface area contributed by atoms with Crippen LogP contribution in [0, 0.1) is 11.3 Å². The minimum absolute atomic E-state index is 0.0589. The summed E-state index contributed by atoms with van der Waals surface area (Å²) in [6.07, 6.45) is 0. The molecule has 0 fully saturated rings. The minimum Gasteiger partial charge on any atom is -0.508 e. The number of H-pyrrole nitrogens is 1. The van der Waals surface area contributed by atoms with Gasteiger partial charge in [0.2, 0.25) is 0 Å². The third-order valence-electron chi connectivity index (χ3n) is 3.11. The topological polar surface area (TPSA) is 76.9 Å². The maximum Gasteiger partial charge on any atom is 0.266 e. The predicted octanol–water partition coefficient (Wildman–Crippen LogP) is 2.92. The van der Waals surface area contributed by atoms with Crippen molar-refractivity contribution in [1.29, 1.82) is 5.26 Å². The van der Waals surface area contributed by atoms with Gasteiger partial charge in [-0.05, 0) is 23.8 Å². The van der Waals surface area contributed by atoms with E-state index in [-0.39, 0.29) is 16.7 Å². The molecule has 0 saturated heterocycles. The summed E-state index contributed by atoms with van der Waals surface area (Å²) in [4.78, 5) is 14.8. The lowest BCUT2D eigenvalue weighted by Gasteiger charge is -2.19. The number of aromatic amines is 1. The summed E-state index contributed by atoms with van der Waals surface area (Å²) in [5.41, 5.74) is 1.36. The van der Waals surface area contributed by atoms with Gasteiger partial charge < -0.3 is 10.1 Å². The number of benzene rings is 1. The Bertz CT molecular complexity index is 746. The van der Waals surface area contributed by atoms with E-state index in [4.69, 9.17) is 0 Å². The van der Waals surface area contributed by atoms with Gasteiger partial charge in [-0.25, -0.2) is 0 Å². The Kier molecular flexibility index (Phi) is 3.37. The third-order valence-corrected chi connectivity index (χ3v) is 3.11. The van der Waals surface area contributed by atoms with E-state index < -0.39 is 5.56 Å². The van der Waals surface area contributed by atoms with Crippen LogP contribution >= 0.6 is 0 Å². The molecule has 0 aliphatic rings. The van der Waals surface area contributed by atoms with Crippen molar-refractivity contribution in [3.63, 3.8) is 0 Å². The SMILES string of the molecule is CC(C)(C)c1cc(-c2cccc(O)c2)c(C#N)c(=O)[nH]1. The number of pyridine rings is 1. The van der Waals surface area contributed by atoms with Crippen LogP contribution in [0.25, 0.3) is 11.1 Å². The molecule has 4 nitrogen and oxygen atoms in total. The summed E-state index contributed by atoms with van der Waals surface area (Å²) >= 11 is 0. The second kappa shape index (κ2) is 4.86. The number of aromatic hydroxyl groups is 1. The highest BCUT2D eigenvalue weighted by molar-refractivity contribution is 5.71. The molecule has 0 saturated carbocycles. The first-order valence-electron chi connectivity index (χ1n) is 6.30. The van der Waals surface area contributed by atoms with Gasteiger partial charge in [-0.1, -0.05) is 32.9 Å². The first kappa shape index (κ1) is 13.9. The number of phenolic OH excluding ortho intramolecular Hbond substituents is 1. The van der Waals surface area contributed by atoms with Crippen LogP contribution in [-0.2, 0) is 5.41 Å². The Labute approximate surface area is 117 Å². The summed E-state index contributed by atoms with van der Waals surface area (Å²) in [5, 5.41) is 18.8. The Morgan fingerprint density at radius 3 is 2.50 bits per heavy atom. The molecule has 2 aromatic rings. The van der Waals surface area contributed by atoms with Gasteiger partial charge in [0.15, 0.2) is 0 Å². The molecule has 0 atom stereocenters. The quantitative estimate of drug-likeness (QED) is 0.834. The van der Waals surface area contributed by atoms with Crippen molar-refractivity contribution >= 4 is 0 Å². The number of nitriles is 1. The Hall–Kier alpha value is -2.54. The molecule has 1 heterocycles. The van der Waals surface area contributed by atoms with Gasteiger partial charge in [-0.3, -0.25) is 4.79 Å².